The molecule has 1 aliphatic carbocycles. The largest absolute Gasteiger partial charge is 0.444 e. The highest BCUT2D eigenvalue weighted by Crippen LogP contribution is 2.27. The maximum absolute atomic E-state index is 11.6. The molecule has 0 fully saturated rings. The van der Waals surface area contributed by atoms with Crippen LogP contribution in [0.1, 0.15) is 47.5 Å². The third-order valence-corrected chi connectivity index (χ3v) is 2.89. The molecule has 1 atom stereocenters. The molecule has 0 aromatic heterocycles. The van der Waals surface area contributed by atoms with Gasteiger partial charge in [-0.05, 0) is 39.0 Å². The van der Waals surface area contributed by atoms with Crippen LogP contribution in [0.4, 0.5) is 4.79 Å². The summed E-state index contributed by atoms with van der Waals surface area (Å²) < 4.78 is 5.17. The lowest BCUT2D eigenvalue weighted by Gasteiger charge is -2.26. The molecule has 0 saturated carbocycles. The van der Waals surface area contributed by atoms with Crippen molar-refractivity contribution in [3.05, 3.63) is 11.8 Å². The number of ketones is 1. The number of nitrogens with one attached hydrogen (secondary N) is 1. The van der Waals surface area contributed by atoms with Crippen LogP contribution in [-0.4, -0.2) is 17.5 Å². The fourth-order valence-corrected chi connectivity index (χ4v) is 1.92. The SMILES string of the molecule is CC(C)[C@H]1CC(=O)C=C(NC(=O)OC(C)(C)C)C1. The van der Waals surface area contributed by atoms with Crippen molar-refractivity contribution in [2.45, 2.75) is 53.1 Å². The predicted octanol–water partition coefficient (Wildman–Crippen LogP) is 3.03. The quantitative estimate of drug-likeness (QED) is 0.823. The molecule has 0 radical (unpaired) electrons. The summed E-state index contributed by atoms with van der Waals surface area (Å²) in [6, 6.07) is 0. The molecule has 1 aliphatic rings. The van der Waals surface area contributed by atoms with Crippen LogP contribution in [0.15, 0.2) is 11.8 Å². The monoisotopic (exact) mass is 253 g/mol. The first kappa shape index (κ1) is 14.7. The molecule has 1 amide bonds. The van der Waals surface area contributed by atoms with Gasteiger partial charge in [0.15, 0.2) is 5.78 Å². The molecule has 0 aliphatic heterocycles. The number of ether oxygens (including phenoxy) is 1. The normalized spacial score (nSPS) is 20.7. The van der Waals surface area contributed by atoms with E-state index in [1.807, 2.05) is 20.8 Å². The number of rotatable bonds is 2. The highest BCUT2D eigenvalue weighted by molar-refractivity contribution is 5.92. The molecule has 1 rings (SSSR count). The summed E-state index contributed by atoms with van der Waals surface area (Å²) >= 11 is 0. The summed E-state index contributed by atoms with van der Waals surface area (Å²) in [5, 5.41) is 2.67. The van der Waals surface area contributed by atoms with Crippen molar-refractivity contribution in [2.75, 3.05) is 0 Å². The van der Waals surface area contributed by atoms with Crippen molar-refractivity contribution in [1.29, 1.82) is 0 Å². The van der Waals surface area contributed by atoms with Crippen molar-refractivity contribution in [3.8, 4) is 0 Å². The molecule has 1 N–H and O–H groups in total. The van der Waals surface area contributed by atoms with E-state index in [2.05, 4.69) is 19.2 Å². The minimum absolute atomic E-state index is 0.0750. The smallest absolute Gasteiger partial charge is 0.411 e. The third-order valence-electron chi connectivity index (χ3n) is 2.89. The lowest BCUT2D eigenvalue weighted by atomic mass is 9.83. The summed E-state index contributed by atoms with van der Waals surface area (Å²) in [5.74, 6) is 0.802. The van der Waals surface area contributed by atoms with Gasteiger partial charge in [-0.3, -0.25) is 10.1 Å². The van der Waals surface area contributed by atoms with E-state index in [0.717, 1.165) is 6.42 Å². The molecule has 0 aromatic rings. The number of alkyl carbamates (subject to hydrolysis) is 1. The van der Waals surface area contributed by atoms with E-state index >= 15 is 0 Å². The highest BCUT2D eigenvalue weighted by atomic mass is 16.6. The van der Waals surface area contributed by atoms with Crippen LogP contribution in [0, 0.1) is 11.8 Å². The van der Waals surface area contributed by atoms with Gasteiger partial charge < -0.3 is 4.74 Å². The Labute approximate surface area is 109 Å². The van der Waals surface area contributed by atoms with Gasteiger partial charge in [0.2, 0.25) is 0 Å². The Kier molecular flexibility index (Phi) is 4.54. The highest BCUT2D eigenvalue weighted by Gasteiger charge is 2.25. The maximum atomic E-state index is 11.6. The zero-order chi connectivity index (χ0) is 13.9. The van der Waals surface area contributed by atoms with Crippen molar-refractivity contribution in [1.82, 2.24) is 5.32 Å². The molecular formula is C14H23NO3. The number of carbonyl (C=O) groups excluding carboxylic acids is 2. The predicted molar refractivity (Wildman–Crippen MR) is 70.0 cm³/mol. The number of amides is 1. The molecule has 4 nitrogen and oxygen atoms in total. The fraction of sp³-hybridized carbons (Fsp3) is 0.714. The molecule has 0 saturated heterocycles. The molecule has 0 unspecified atom stereocenters. The van der Waals surface area contributed by atoms with Crippen molar-refractivity contribution in [3.63, 3.8) is 0 Å². The van der Waals surface area contributed by atoms with Gasteiger partial charge in [0.05, 0.1) is 0 Å². The number of carbonyl (C=O) groups is 2. The number of hydrogen-bond acceptors (Lipinski definition) is 3. The van der Waals surface area contributed by atoms with Gasteiger partial charge in [-0.2, -0.15) is 0 Å². The zero-order valence-electron chi connectivity index (χ0n) is 11.9. The summed E-state index contributed by atoms with van der Waals surface area (Å²) in [6.45, 7) is 9.61. The minimum Gasteiger partial charge on any atom is -0.444 e. The first-order valence-corrected chi connectivity index (χ1v) is 6.41. The van der Waals surface area contributed by atoms with E-state index in [4.69, 9.17) is 4.74 Å². The van der Waals surface area contributed by atoms with Crippen molar-refractivity contribution >= 4 is 11.9 Å². The van der Waals surface area contributed by atoms with Crippen LogP contribution in [0.5, 0.6) is 0 Å². The molecule has 0 aromatic carbocycles. The molecule has 0 heterocycles. The van der Waals surface area contributed by atoms with Crippen LogP contribution in [0.2, 0.25) is 0 Å². The number of hydrogen-bond donors (Lipinski definition) is 1. The second-order valence-electron chi connectivity index (χ2n) is 6.18. The van der Waals surface area contributed by atoms with Gasteiger partial charge in [0, 0.05) is 18.2 Å². The summed E-state index contributed by atoms with van der Waals surface area (Å²) in [7, 11) is 0. The lowest BCUT2D eigenvalue weighted by Crippen LogP contribution is -2.34. The standard InChI is InChI=1S/C14H23NO3/c1-9(2)10-6-11(8-12(16)7-10)15-13(17)18-14(3,4)5/h8-10H,6-7H2,1-5H3,(H,15,17)/t10-/m1/s1. The van der Waals surface area contributed by atoms with Crippen LogP contribution >= 0.6 is 0 Å². The van der Waals surface area contributed by atoms with E-state index in [1.54, 1.807) is 0 Å². The summed E-state index contributed by atoms with van der Waals surface area (Å²) in [6.07, 6.45) is 2.31. The van der Waals surface area contributed by atoms with Crippen molar-refractivity contribution < 1.29 is 14.3 Å². The Hall–Kier alpha value is -1.32. The Balaban J connectivity index is 2.61. The van der Waals surface area contributed by atoms with Gasteiger partial charge in [-0.15, -0.1) is 0 Å². The lowest BCUT2D eigenvalue weighted by molar-refractivity contribution is -0.116. The summed E-state index contributed by atoms with van der Waals surface area (Å²) in [4.78, 5) is 23.2. The van der Waals surface area contributed by atoms with E-state index in [1.165, 1.54) is 6.08 Å². The second-order valence-corrected chi connectivity index (χ2v) is 6.18. The molecule has 4 heteroatoms. The van der Waals surface area contributed by atoms with Gasteiger partial charge in [-0.25, -0.2) is 4.79 Å². The zero-order valence-corrected chi connectivity index (χ0v) is 11.9. The Morgan fingerprint density at radius 2 is 2.00 bits per heavy atom. The van der Waals surface area contributed by atoms with E-state index in [9.17, 15) is 9.59 Å². The Morgan fingerprint density at radius 1 is 1.39 bits per heavy atom. The van der Waals surface area contributed by atoms with Gasteiger partial charge in [0.25, 0.3) is 0 Å². The van der Waals surface area contributed by atoms with Gasteiger partial charge in [0.1, 0.15) is 5.60 Å². The first-order chi connectivity index (χ1) is 8.17. The fourth-order valence-electron chi connectivity index (χ4n) is 1.92. The van der Waals surface area contributed by atoms with Gasteiger partial charge >= 0.3 is 6.09 Å². The van der Waals surface area contributed by atoms with E-state index < -0.39 is 11.7 Å². The molecule has 18 heavy (non-hydrogen) atoms. The maximum Gasteiger partial charge on any atom is 0.411 e. The van der Waals surface area contributed by atoms with Crippen LogP contribution in [-0.2, 0) is 9.53 Å². The van der Waals surface area contributed by atoms with Crippen LogP contribution in [0.3, 0.4) is 0 Å². The van der Waals surface area contributed by atoms with E-state index in [0.29, 0.717) is 24.0 Å². The number of allylic oxidation sites excluding steroid dienone is 2. The third kappa shape index (κ3) is 4.90. The second kappa shape index (κ2) is 5.55. The van der Waals surface area contributed by atoms with E-state index in [-0.39, 0.29) is 5.78 Å². The Bertz CT molecular complexity index is 364. The summed E-state index contributed by atoms with van der Waals surface area (Å²) in [5.41, 5.74) is 0.139. The average Bonchev–Trinajstić information content (AvgIpc) is 2.12. The Morgan fingerprint density at radius 3 is 2.50 bits per heavy atom. The topological polar surface area (TPSA) is 55.4 Å². The minimum atomic E-state index is -0.527. The van der Waals surface area contributed by atoms with Gasteiger partial charge in [-0.1, -0.05) is 13.8 Å². The molecule has 102 valence electrons. The van der Waals surface area contributed by atoms with Crippen LogP contribution < -0.4 is 5.32 Å². The van der Waals surface area contributed by atoms with Crippen LogP contribution in [0.25, 0.3) is 0 Å². The molecular weight excluding hydrogens is 230 g/mol. The van der Waals surface area contributed by atoms with Crippen molar-refractivity contribution in [2.24, 2.45) is 11.8 Å². The average molecular weight is 253 g/mol. The molecule has 0 spiro atoms. The first-order valence-electron chi connectivity index (χ1n) is 6.41. The molecule has 0 bridgehead atoms.